The molecule has 0 aliphatic heterocycles. The van der Waals surface area contributed by atoms with Gasteiger partial charge in [0.05, 0.1) is 0 Å². The Morgan fingerprint density at radius 1 is 1.58 bits per heavy atom. The second-order valence-corrected chi connectivity index (χ2v) is 2.41. The fraction of sp³-hybridized carbons (Fsp3) is 0.375. The summed E-state index contributed by atoms with van der Waals surface area (Å²) in [5.74, 6) is 0. The Morgan fingerprint density at radius 2 is 2.33 bits per heavy atom. The number of hydrogen-bond acceptors (Lipinski definition) is 2. The van der Waals surface area contributed by atoms with E-state index in [1.165, 1.54) is 12.4 Å². The van der Waals surface area contributed by atoms with Crippen LogP contribution in [0.5, 0.6) is 0 Å². The summed E-state index contributed by atoms with van der Waals surface area (Å²) in [4.78, 5) is 3.64. The molecular weight excluding hydrogens is 162 g/mol. The van der Waals surface area contributed by atoms with Crippen molar-refractivity contribution in [3.63, 3.8) is 0 Å². The molecule has 0 saturated heterocycles. The van der Waals surface area contributed by atoms with Gasteiger partial charge in [-0.3, -0.25) is 4.98 Å². The smallest absolute Gasteiger partial charge is 0.265 e. The molecule has 0 atom stereocenters. The fourth-order valence-electron chi connectivity index (χ4n) is 0.983. The minimum atomic E-state index is -2.44. The quantitative estimate of drug-likeness (QED) is 0.751. The van der Waals surface area contributed by atoms with Gasteiger partial charge in [-0.25, -0.2) is 8.78 Å². The van der Waals surface area contributed by atoms with E-state index in [-0.39, 0.29) is 5.56 Å². The number of hydrogen-bond donors (Lipinski definition) is 1. The Kier molecular flexibility index (Phi) is 3.10. The van der Waals surface area contributed by atoms with Crippen LogP contribution >= 0.6 is 0 Å². The van der Waals surface area contributed by atoms with Gasteiger partial charge in [-0.2, -0.15) is 0 Å². The molecule has 1 N–H and O–H groups in total. The topological polar surface area (TPSA) is 24.9 Å². The van der Waals surface area contributed by atoms with Gasteiger partial charge in [0.25, 0.3) is 6.43 Å². The van der Waals surface area contributed by atoms with E-state index in [4.69, 9.17) is 0 Å². The maximum absolute atomic E-state index is 12.3. The first kappa shape index (κ1) is 9.06. The highest BCUT2D eigenvalue weighted by atomic mass is 19.3. The van der Waals surface area contributed by atoms with Gasteiger partial charge >= 0.3 is 0 Å². The number of halogens is 2. The number of nitrogens with zero attached hydrogens (tertiary/aromatic N) is 1. The first-order valence-electron chi connectivity index (χ1n) is 3.61. The van der Waals surface area contributed by atoms with E-state index < -0.39 is 6.43 Å². The summed E-state index contributed by atoms with van der Waals surface area (Å²) in [6, 6.07) is 1.60. The van der Waals surface area contributed by atoms with Crippen LogP contribution in [0.25, 0.3) is 0 Å². The first-order chi connectivity index (χ1) is 5.75. The maximum Gasteiger partial charge on any atom is 0.265 e. The average Bonchev–Trinajstić information content (AvgIpc) is 2.05. The lowest BCUT2D eigenvalue weighted by Crippen LogP contribution is -2.08. The lowest BCUT2D eigenvalue weighted by molar-refractivity contribution is 0.149. The molecule has 0 spiro atoms. The molecule has 0 radical (unpaired) electrons. The molecule has 1 aromatic heterocycles. The van der Waals surface area contributed by atoms with E-state index in [1.54, 1.807) is 13.1 Å². The molecular formula is C8H10F2N2. The van der Waals surface area contributed by atoms with Crippen LogP contribution in [-0.2, 0) is 6.54 Å². The second-order valence-electron chi connectivity index (χ2n) is 2.41. The van der Waals surface area contributed by atoms with Crippen molar-refractivity contribution in [3.05, 3.63) is 29.6 Å². The van der Waals surface area contributed by atoms with Crippen molar-refractivity contribution in [3.8, 4) is 0 Å². The molecule has 0 aliphatic rings. The number of rotatable bonds is 3. The highest BCUT2D eigenvalue weighted by molar-refractivity contribution is 5.23. The number of aromatic nitrogens is 1. The molecule has 0 bridgehead atoms. The van der Waals surface area contributed by atoms with E-state index in [0.717, 1.165) is 0 Å². The molecule has 1 rings (SSSR count). The maximum atomic E-state index is 12.3. The Bertz CT molecular complexity index is 251. The molecule has 0 aromatic carbocycles. The zero-order chi connectivity index (χ0) is 8.97. The number of alkyl halides is 2. The molecule has 2 nitrogen and oxygen atoms in total. The normalized spacial score (nSPS) is 10.7. The van der Waals surface area contributed by atoms with Gasteiger partial charge in [0.1, 0.15) is 0 Å². The van der Waals surface area contributed by atoms with Crippen LogP contribution in [0.2, 0.25) is 0 Å². The van der Waals surface area contributed by atoms with Crippen molar-refractivity contribution < 1.29 is 8.78 Å². The standard InChI is InChI=1S/C8H10F2N2/c1-11-4-6-2-3-12-5-7(6)8(9)10/h2-3,5,8,11H,4H2,1H3. The summed E-state index contributed by atoms with van der Waals surface area (Å²) in [5.41, 5.74) is 0.606. The highest BCUT2D eigenvalue weighted by Crippen LogP contribution is 2.21. The predicted octanol–water partition coefficient (Wildman–Crippen LogP) is 1.74. The third-order valence-electron chi connectivity index (χ3n) is 1.55. The largest absolute Gasteiger partial charge is 0.316 e. The Labute approximate surface area is 69.6 Å². The molecule has 66 valence electrons. The molecule has 0 fully saturated rings. The minimum Gasteiger partial charge on any atom is -0.316 e. The van der Waals surface area contributed by atoms with Crippen LogP contribution in [0.3, 0.4) is 0 Å². The van der Waals surface area contributed by atoms with E-state index in [9.17, 15) is 8.78 Å². The van der Waals surface area contributed by atoms with Gasteiger partial charge in [-0.15, -0.1) is 0 Å². The van der Waals surface area contributed by atoms with E-state index >= 15 is 0 Å². The van der Waals surface area contributed by atoms with Crippen LogP contribution in [0.15, 0.2) is 18.5 Å². The molecule has 1 heterocycles. The zero-order valence-electron chi connectivity index (χ0n) is 6.72. The van der Waals surface area contributed by atoms with Gasteiger partial charge in [0.2, 0.25) is 0 Å². The van der Waals surface area contributed by atoms with Crippen LogP contribution < -0.4 is 5.32 Å². The summed E-state index contributed by atoms with van der Waals surface area (Å²) in [5, 5.41) is 2.82. The van der Waals surface area contributed by atoms with Crippen molar-refractivity contribution in [1.82, 2.24) is 10.3 Å². The monoisotopic (exact) mass is 172 g/mol. The summed E-state index contributed by atoms with van der Waals surface area (Å²) in [6.07, 6.45) is 0.276. The lowest BCUT2D eigenvalue weighted by Gasteiger charge is -2.06. The van der Waals surface area contributed by atoms with E-state index in [1.807, 2.05) is 0 Å². The van der Waals surface area contributed by atoms with E-state index in [2.05, 4.69) is 10.3 Å². The SMILES string of the molecule is CNCc1ccncc1C(F)F. The molecule has 12 heavy (non-hydrogen) atoms. The Morgan fingerprint density at radius 3 is 2.92 bits per heavy atom. The molecule has 4 heteroatoms. The van der Waals surface area contributed by atoms with E-state index in [0.29, 0.717) is 12.1 Å². The first-order valence-corrected chi connectivity index (χ1v) is 3.61. The third kappa shape index (κ3) is 1.98. The number of nitrogens with one attached hydrogen (secondary N) is 1. The van der Waals surface area contributed by atoms with Crippen molar-refractivity contribution in [2.45, 2.75) is 13.0 Å². The summed E-state index contributed by atoms with van der Waals surface area (Å²) in [6.45, 7) is 0.447. The molecule has 1 aromatic rings. The Hall–Kier alpha value is -1.03. The van der Waals surface area contributed by atoms with Crippen molar-refractivity contribution in [2.75, 3.05) is 7.05 Å². The average molecular weight is 172 g/mol. The zero-order valence-corrected chi connectivity index (χ0v) is 6.72. The predicted molar refractivity (Wildman–Crippen MR) is 42.0 cm³/mol. The molecule has 0 saturated carbocycles. The molecule has 0 unspecified atom stereocenters. The summed E-state index contributed by atoms with van der Waals surface area (Å²) in [7, 11) is 1.72. The van der Waals surface area contributed by atoms with Gasteiger partial charge in [-0.05, 0) is 18.7 Å². The van der Waals surface area contributed by atoms with Gasteiger partial charge in [-0.1, -0.05) is 0 Å². The van der Waals surface area contributed by atoms with Gasteiger partial charge < -0.3 is 5.32 Å². The Balaban J connectivity index is 2.92. The minimum absolute atomic E-state index is 0.00634. The van der Waals surface area contributed by atoms with Crippen LogP contribution in [0, 0.1) is 0 Å². The van der Waals surface area contributed by atoms with Gasteiger partial charge in [0.15, 0.2) is 0 Å². The molecule has 0 aliphatic carbocycles. The lowest BCUT2D eigenvalue weighted by atomic mass is 10.1. The van der Waals surface area contributed by atoms with Crippen molar-refractivity contribution in [2.24, 2.45) is 0 Å². The molecule has 0 amide bonds. The highest BCUT2D eigenvalue weighted by Gasteiger charge is 2.11. The van der Waals surface area contributed by atoms with Crippen LogP contribution in [0.4, 0.5) is 8.78 Å². The second kappa shape index (κ2) is 4.11. The van der Waals surface area contributed by atoms with Crippen LogP contribution in [-0.4, -0.2) is 12.0 Å². The summed E-state index contributed by atoms with van der Waals surface area (Å²) >= 11 is 0. The van der Waals surface area contributed by atoms with Gasteiger partial charge in [0, 0.05) is 24.5 Å². The summed E-state index contributed by atoms with van der Waals surface area (Å²) < 4.78 is 24.6. The van der Waals surface area contributed by atoms with Crippen molar-refractivity contribution in [1.29, 1.82) is 0 Å². The van der Waals surface area contributed by atoms with Crippen molar-refractivity contribution >= 4 is 0 Å². The van der Waals surface area contributed by atoms with Crippen LogP contribution in [0.1, 0.15) is 17.6 Å². The number of pyridine rings is 1. The third-order valence-corrected chi connectivity index (χ3v) is 1.55. The fourth-order valence-corrected chi connectivity index (χ4v) is 0.983.